The van der Waals surface area contributed by atoms with E-state index < -0.39 is 5.25 Å². The van der Waals surface area contributed by atoms with Gasteiger partial charge in [0.2, 0.25) is 5.91 Å². The number of thioether (sulfide) groups is 1. The van der Waals surface area contributed by atoms with Crippen LogP contribution >= 0.6 is 11.8 Å². The van der Waals surface area contributed by atoms with E-state index in [-0.39, 0.29) is 17.3 Å². The Morgan fingerprint density at radius 1 is 1.38 bits per heavy atom. The number of nitrogen functional groups attached to an aromatic ring is 2. The molecular formula is C13H15N5O2S. The van der Waals surface area contributed by atoms with E-state index in [0.29, 0.717) is 16.5 Å². The minimum absolute atomic E-state index is 0.115. The van der Waals surface area contributed by atoms with Gasteiger partial charge in [-0.05, 0) is 25.1 Å². The topological polar surface area (TPSA) is 127 Å². The van der Waals surface area contributed by atoms with E-state index in [0.717, 1.165) is 11.8 Å². The summed E-state index contributed by atoms with van der Waals surface area (Å²) in [5.41, 5.74) is 12.0. The molecule has 21 heavy (non-hydrogen) atoms. The molecule has 0 aliphatic carbocycles. The molecule has 1 heterocycles. The van der Waals surface area contributed by atoms with E-state index in [1.807, 2.05) is 0 Å². The third-order valence-corrected chi connectivity index (χ3v) is 3.54. The molecule has 0 saturated carbocycles. The van der Waals surface area contributed by atoms with Crippen LogP contribution in [-0.2, 0) is 4.79 Å². The molecule has 110 valence electrons. The summed E-state index contributed by atoms with van der Waals surface area (Å²) in [5.74, 6) is -0.111. The van der Waals surface area contributed by atoms with Crippen LogP contribution in [0.2, 0.25) is 0 Å². The number of carbonyl (C=O) groups excluding carboxylic acids is 1. The van der Waals surface area contributed by atoms with Gasteiger partial charge in [-0.15, -0.1) is 0 Å². The van der Waals surface area contributed by atoms with Gasteiger partial charge in [-0.1, -0.05) is 17.8 Å². The van der Waals surface area contributed by atoms with E-state index in [4.69, 9.17) is 11.5 Å². The lowest BCUT2D eigenvalue weighted by atomic mass is 10.3. The van der Waals surface area contributed by atoms with Crippen LogP contribution in [0.15, 0.2) is 40.3 Å². The van der Waals surface area contributed by atoms with Crippen molar-refractivity contribution in [1.82, 2.24) is 9.97 Å². The van der Waals surface area contributed by atoms with Crippen molar-refractivity contribution in [1.29, 1.82) is 0 Å². The first kappa shape index (κ1) is 14.9. The average Bonchev–Trinajstić information content (AvgIpc) is 2.37. The fourth-order valence-electron chi connectivity index (χ4n) is 1.59. The van der Waals surface area contributed by atoms with Crippen molar-refractivity contribution >= 4 is 34.9 Å². The molecule has 0 spiro atoms. The van der Waals surface area contributed by atoms with Crippen molar-refractivity contribution in [2.45, 2.75) is 17.3 Å². The maximum Gasteiger partial charge on any atom is 0.253 e. The fraction of sp³-hybridized carbons (Fsp3) is 0.154. The maximum absolute atomic E-state index is 12.1. The van der Waals surface area contributed by atoms with Crippen LogP contribution in [0.3, 0.4) is 0 Å². The van der Waals surface area contributed by atoms with E-state index in [2.05, 4.69) is 15.3 Å². The Hall–Kier alpha value is -2.48. The van der Waals surface area contributed by atoms with Gasteiger partial charge in [0.05, 0.1) is 5.25 Å². The van der Waals surface area contributed by atoms with Gasteiger partial charge in [-0.3, -0.25) is 9.59 Å². The number of anilines is 3. The van der Waals surface area contributed by atoms with Gasteiger partial charge in [0.15, 0.2) is 5.16 Å². The second-order valence-corrected chi connectivity index (χ2v) is 5.68. The first-order valence-electron chi connectivity index (χ1n) is 6.14. The SMILES string of the molecule is CC(Sc1nc(N)cc(=O)[nH]1)C(=O)Nc1cccc(N)c1. The molecule has 0 fully saturated rings. The minimum atomic E-state index is -0.462. The van der Waals surface area contributed by atoms with Crippen LogP contribution in [0.1, 0.15) is 6.92 Å². The first-order chi connectivity index (χ1) is 9.94. The molecule has 0 radical (unpaired) electrons. The number of rotatable bonds is 4. The Labute approximate surface area is 125 Å². The highest BCUT2D eigenvalue weighted by Gasteiger charge is 2.16. The van der Waals surface area contributed by atoms with Gasteiger partial charge < -0.3 is 21.8 Å². The molecule has 1 aromatic heterocycles. The number of aromatic nitrogens is 2. The van der Waals surface area contributed by atoms with Gasteiger partial charge >= 0.3 is 0 Å². The lowest BCUT2D eigenvalue weighted by Gasteiger charge is -2.11. The van der Waals surface area contributed by atoms with Crippen molar-refractivity contribution in [2.75, 3.05) is 16.8 Å². The second kappa shape index (κ2) is 6.31. The highest BCUT2D eigenvalue weighted by atomic mass is 32.2. The smallest absolute Gasteiger partial charge is 0.253 e. The summed E-state index contributed by atoms with van der Waals surface area (Å²) >= 11 is 1.11. The molecule has 8 heteroatoms. The van der Waals surface area contributed by atoms with E-state index in [1.165, 1.54) is 6.07 Å². The average molecular weight is 305 g/mol. The molecule has 0 aliphatic heterocycles. The first-order valence-corrected chi connectivity index (χ1v) is 7.02. The predicted molar refractivity (Wildman–Crippen MR) is 84.1 cm³/mol. The molecule has 1 atom stereocenters. The number of hydrogen-bond donors (Lipinski definition) is 4. The summed E-state index contributed by atoms with van der Waals surface area (Å²) in [5, 5.41) is 2.58. The van der Waals surface area contributed by atoms with Crippen molar-refractivity contribution < 1.29 is 4.79 Å². The predicted octanol–water partition coefficient (Wildman–Crippen LogP) is 1.05. The van der Waals surface area contributed by atoms with Gasteiger partial charge in [-0.2, -0.15) is 0 Å². The molecule has 1 amide bonds. The monoisotopic (exact) mass is 305 g/mol. The summed E-state index contributed by atoms with van der Waals surface area (Å²) in [6, 6.07) is 8.07. The standard InChI is InChI=1S/C13H15N5O2S/c1-7(21-13-17-10(15)6-11(19)18-13)12(20)16-9-4-2-3-8(14)5-9/h2-7H,14H2,1H3,(H,16,20)(H3,15,17,18,19). The number of carbonyl (C=O) groups is 1. The third-order valence-electron chi connectivity index (χ3n) is 2.55. The molecule has 2 rings (SSSR count). The largest absolute Gasteiger partial charge is 0.399 e. The molecule has 0 aliphatic rings. The van der Waals surface area contributed by atoms with Gasteiger partial charge in [0, 0.05) is 17.4 Å². The molecule has 7 nitrogen and oxygen atoms in total. The van der Waals surface area contributed by atoms with Crippen molar-refractivity contribution in [3.63, 3.8) is 0 Å². The molecule has 2 aromatic rings. The number of aromatic amines is 1. The Kier molecular flexibility index (Phi) is 4.49. The van der Waals surface area contributed by atoms with E-state index in [9.17, 15) is 9.59 Å². The van der Waals surface area contributed by atoms with Gasteiger partial charge in [-0.25, -0.2) is 4.98 Å². The normalized spacial score (nSPS) is 11.9. The number of hydrogen-bond acceptors (Lipinski definition) is 6. The quantitative estimate of drug-likeness (QED) is 0.380. The zero-order valence-electron chi connectivity index (χ0n) is 11.3. The number of nitrogens with zero attached hydrogens (tertiary/aromatic N) is 1. The van der Waals surface area contributed by atoms with Crippen LogP contribution in [0.25, 0.3) is 0 Å². The number of amides is 1. The number of H-pyrrole nitrogens is 1. The Morgan fingerprint density at radius 3 is 2.81 bits per heavy atom. The number of benzene rings is 1. The zero-order valence-corrected chi connectivity index (χ0v) is 12.1. The molecule has 0 saturated heterocycles. The summed E-state index contributed by atoms with van der Waals surface area (Å²) in [4.78, 5) is 29.8. The van der Waals surface area contributed by atoms with Crippen LogP contribution in [0.4, 0.5) is 17.2 Å². The maximum atomic E-state index is 12.1. The summed E-state index contributed by atoms with van der Waals surface area (Å²) in [6.45, 7) is 1.70. The molecule has 6 N–H and O–H groups in total. The van der Waals surface area contributed by atoms with Crippen molar-refractivity contribution in [3.05, 3.63) is 40.7 Å². The molecule has 0 bridgehead atoms. The highest BCUT2D eigenvalue weighted by molar-refractivity contribution is 8.00. The van der Waals surface area contributed by atoms with Crippen molar-refractivity contribution in [3.8, 4) is 0 Å². The van der Waals surface area contributed by atoms with Gasteiger partial charge in [0.1, 0.15) is 5.82 Å². The highest BCUT2D eigenvalue weighted by Crippen LogP contribution is 2.21. The minimum Gasteiger partial charge on any atom is -0.399 e. The lowest BCUT2D eigenvalue weighted by Crippen LogP contribution is -2.23. The van der Waals surface area contributed by atoms with Crippen LogP contribution < -0.4 is 22.3 Å². The molecular weight excluding hydrogens is 290 g/mol. The van der Waals surface area contributed by atoms with Crippen molar-refractivity contribution in [2.24, 2.45) is 0 Å². The fourth-order valence-corrected chi connectivity index (χ4v) is 2.41. The summed E-state index contributed by atoms with van der Waals surface area (Å²) in [6.07, 6.45) is 0. The van der Waals surface area contributed by atoms with Crippen LogP contribution in [-0.4, -0.2) is 21.1 Å². The Bertz CT molecular complexity index is 716. The molecule has 1 unspecified atom stereocenters. The zero-order chi connectivity index (χ0) is 15.4. The Morgan fingerprint density at radius 2 is 2.14 bits per heavy atom. The van der Waals surface area contributed by atoms with E-state index >= 15 is 0 Å². The molecule has 1 aromatic carbocycles. The number of nitrogens with two attached hydrogens (primary N) is 2. The number of nitrogens with one attached hydrogen (secondary N) is 2. The van der Waals surface area contributed by atoms with E-state index in [1.54, 1.807) is 31.2 Å². The van der Waals surface area contributed by atoms with Crippen LogP contribution in [0, 0.1) is 0 Å². The lowest BCUT2D eigenvalue weighted by molar-refractivity contribution is -0.115. The van der Waals surface area contributed by atoms with Crippen LogP contribution in [0.5, 0.6) is 0 Å². The third kappa shape index (κ3) is 4.25. The Balaban J connectivity index is 2.04. The summed E-state index contributed by atoms with van der Waals surface area (Å²) in [7, 11) is 0. The summed E-state index contributed by atoms with van der Waals surface area (Å²) < 4.78 is 0. The van der Waals surface area contributed by atoms with Gasteiger partial charge in [0.25, 0.3) is 5.56 Å². The second-order valence-electron chi connectivity index (χ2n) is 4.35.